The number of thioether (sulfide) groups is 1. The molecule has 2 amide bonds. The molecule has 2 aromatic heterocycles. The minimum absolute atomic E-state index is 0.0853. The van der Waals surface area contributed by atoms with Gasteiger partial charge in [0, 0.05) is 4.88 Å². The fourth-order valence-electron chi connectivity index (χ4n) is 3.87. The molecule has 3 aromatic rings. The summed E-state index contributed by atoms with van der Waals surface area (Å²) >= 11 is 2.68. The number of benzene rings is 1. The summed E-state index contributed by atoms with van der Waals surface area (Å²) in [6, 6.07) is 7.15. The third kappa shape index (κ3) is 5.06. The van der Waals surface area contributed by atoms with E-state index < -0.39 is 12.0 Å². The Morgan fingerprint density at radius 2 is 1.94 bits per heavy atom. The first-order valence-electron chi connectivity index (χ1n) is 10.8. The SMILES string of the molecule is CCOC(=O)NC(=O)CSc1nc2sc3c(c2c(=O)n1-c1ccc(OC)cc1)CCCCC3. The van der Waals surface area contributed by atoms with Crippen LogP contribution in [0.25, 0.3) is 15.9 Å². The predicted molar refractivity (Wildman–Crippen MR) is 129 cm³/mol. The van der Waals surface area contributed by atoms with E-state index in [1.807, 2.05) is 0 Å². The second kappa shape index (κ2) is 10.4. The van der Waals surface area contributed by atoms with Crippen molar-refractivity contribution in [2.24, 2.45) is 0 Å². The Kier molecular flexibility index (Phi) is 7.34. The van der Waals surface area contributed by atoms with Gasteiger partial charge in [-0.1, -0.05) is 18.2 Å². The van der Waals surface area contributed by atoms with Crippen LogP contribution < -0.4 is 15.6 Å². The second-order valence-corrected chi connectivity index (χ2v) is 9.56. The van der Waals surface area contributed by atoms with Crippen LogP contribution in [0.15, 0.2) is 34.2 Å². The maximum absolute atomic E-state index is 13.8. The average molecular weight is 488 g/mol. The Bertz CT molecular complexity index is 1230. The summed E-state index contributed by atoms with van der Waals surface area (Å²) < 4.78 is 11.5. The number of ether oxygens (including phenoxy) is 2. The Labute approximate surface area is 199 Å². The number of carbonyl (C=O) groups excluding carboxylic acids is 2. The van der Waals surface area contributed by atoms with Gasteiger partial charge in [0.25, 0.3) is 5.56 Å². The molecule has 2 heterocycles. The minimum Gasteiger partial charge on any atom is -0.497 e. The van der Waals surface area contributed by atoms with Gasteiger partial charge in [-0.3, -0.25) is 19.5 Å². The minimum atomic E-state index is -0.791. The molecule has 33 heavy (non-hydrogen) atoms. The van der Waals surface area contributed by atoms with Crippen molar-refractivity contribution in [1.82, 2.24) is 14.9 Å². The maximum atomic E-state index is 13.8. The number of carbonyl (C=O) groups is 2. The molecule has 174 valence electrons. The summed E-state index contributed by atoms with van der Waals surface area (Å²) in [5.41, 5.74) is 1.61. The molecule has 0 spiro atoms. The number of amides is 2. The van der Waals surface area contributed by atoms with Crippen LogP contribution in [0.4, 0.5) is 4.79 Å². The number of nitrogens with zero attached hydrogens (tertiary/aromatic N) is 2. The molecule has 0 saturated heterocycles. The topological polar surface area (TPSA) is 99.5 Å². The molecule has 8 nitrogen and oxygen atoms in total. The van der Waals surface area contributed by atoms with Crippen LogP contribution in [0.2, 0.25) is 0 Å². The molecule has 0 bridgehead atoms. The zero-order valence-corrected chi connectivity index (χ0v) is 20.1. The van der Waals surface area contributed by atoms with Gasteiger partial charge in [-0.25, -0.2) is 9.78 Å². The summed E-state index contributed by atoms with van der Waals surface area (Å²) in [4.78, 5) is 44.2. The number of methoxy groups -OCH3 is 1. The summed E-state index contributed by atoms with van der Waals surface area (Å²) in [6.07, 6.45) is 4.38. The molecule has 0 atom stereocenters. The van der Waals surface area contributed by atoms with Crippen molar-refractivity contribution in [1.29, 1.82) is 0 Å². The number of rotatable bonds is 6. The first-order chi connectivity index (χ1) is 16.0. The summed E-state index contributed by atoms with van der Waals surface area (Å²) in [5.74, 6) is 0.0714. The number of nitrogens with one attached hydrogen (secondary N) is 1. The number of hydrogen-bond donors (Lipinski definition) is 1. The molecule has 0 unspecified atom stereocenters. The Hall–Kier alpha value is -2.85. The molecule has 0 saturated carbocycles. The molecule has 0 aliphatic heterocycles. The smallest absolute Gasteiger partial charge is 0.413 e. The van der Waals surface area contributed by atoms with E-state index in [2.05, 4.69) is 5.32 Å². The zero-order chi connectivity index (χ0) is 23.4. The third-order valence-electron chi connectivity index (χ3n) is 5.39. The normalized spacial score (nSPS) is 13.3. The van der Waals surface area contributed by atoms with Crippen LogP contribution >= 0.6 is 23.1 Å². The van der Waals surface area contributed by atoms with Gasteiger partial charge in [-0.05, 0) is 62.4 Å². The molecule has 1 aliphatic rings. The lowest BCUT2D eigenvalue weighted by atomic mass is 10.1. The van der Waals surface area contributed by atoms with Crippen molar-refractivity contribution in [3.8, 4) is 11.4 Å². The van der Waals surface area contributed by atoms with Gasteiger partial charge in [0.05, 0.1) is 30.5 Å². The first kappa shape index (κ1) is 23.3. The number of thiophene rings is 1. The van der Waals surface area contributed by atoms with Crippen LogP contribution in [0, 0.1) is 0 Å². The Morgan fingerprint density at radius 3 is 2.67 bits per heavy atom. The first-order valence-corrected chi connectivity index (χ1v) is 12.6. The molecule has 10 heteroatoms. The van der Waals surface area contributed by atoms with Crippen molar-refractivity contribution >= 4 is 45.3 Å². The van der Waals surface area contributed by atoms with E-state index in [4.69, 9.17) is 14.5 Å². The molecule has 1 aromatic carbocycles. The Balaban J connectivity index is 1.76. The van der Waals surface area contributed by atoms with Gasteiger partial charge in [-0.15, -0.1) is 11.3 Å². The van der Waals surface area contributed by atoms with E-state index in [1.54, 1.807) is 54.2 Å². The van der Waals surface area contributed by atoms with E-state index >= 15 is 0 Å². The van der Waals surface area contributed by atoms with Crippen molar-refractivity contribution in [2.45, 2.75) is 44.2 Å². The van der Waals surface area contributed by atoms with Crippen LogP contribution in [0.3, 0.4) is 0 Å². The molecule has 0 radical (unpaired) electrons. The van der Waals surface area contributed by atoms with Crippen LogP contribution in [-0.4, -0.2) is 41.0 Å². The summed E-state index contributed by atoms with van der Waals surface area (Å²) in [6.45, 7) is 1.83. The highest BCUT2D eigenvalue weighted by molar-refractivity contribution is 7.99. The molecular weight excluding hydrogens is 462 g/mol. The highest BCUT2D eigenvalue weighted by Crippen LogP contribution is 2.34. The van der Waals surface area contributed by atoms with E-state index in [1.165, 1.54) is 4.88 Å². The fraction of sp³-hybridized carbons (Fsp3) is 0.391. The van der Waals surface area contributed by atoms with E-state index in [0.29, 0.717) is 26.8 Å². The largest absolute Gasteiger partial charge is 0.497 e. The predicted octanol–water partition coefficient (Wildman–Crippen LogP) is 4.09. The molecule has 1 aliphatic carbocycles. The van der Waals surface area contributed by atoms with Gasteiger partial charge in [-0.2, -0.15) is 0 Å². The summed E-state index contributed by atoms with van der Waals surface area (Å²) in [7, 11) is 1.58. The van der Waals surface area contributed by atoms with Crippen LogP contribution in [0.5, 0.6) is 5.75 Å². The highest BCUT2D eigenvalue weighted by atomic mass is 32.2. The number of hydrogen-bond acceptors (Lipinski definition) is 8. The van der Waals surface area contributed by atoms with Gasteiger partial charge in [0.2, 0.25) is 5.91 Å². The van der Waals surface area contributed by atoms with Crippen molar-refractivity contribution in [3.05, 3.63) is 45.1 Å². The number of fused-ring (bicyclic) bond motifs is 3. The van der Waals surface area contributed by atoms with Gasteiger partial charge in [0.1, 0.15) is 10.6 Å². The second-order valence-electron chi connectivity index (χ2n) is 7.53. The lowest BCUT2D eigenvalue weighted by Crippen LogP contribution is -2.32. The summed E-state index contributed by atoms with van der Waals surface area (Å²) in [5, 5.41) is 3.24. The lowest BCUT2D eigenvalue weighted by Gasteiger charge is -2.13. The van der Waals surface area contributed by atoms with Crippen molar-refractivity contribution < 1.29 is 19.1 Å². The standard InChI is InChI=1S/C23H25N3O5S2/c1-3-31-23(29)24-18(27)13-32-22-25-20-19(16-7-5-4-6-8-17(16)33-20)21(28)26(22)14-9-11-15(30-2)12-10-14/h9-12H,3-8,13H2,1-2H3,(H,24,27,29). The van der Waals surface area contributed by atoms with Crippen LogP contribution in [-0.2, 0) is 22.4 Å². The van der Waals surface area contributed by atoms with E-state index in [9.17, 15) is 14.4 Å². The number of aryl methyl sites for hydroxylation is 2. The van der Waals surface area contributed by atoms with Gasteiger partial charge >= 0.3 is 6.09 Å². The lowest BCUT2D eigenvalue weighted by molar-refractivity contribution is -0.117. The number of imide groups is 1. The van der Waals surface area contributed by atoms with Gasteiger partial charge in [0.15, 0.2) is 5.16 Å². The molecule has 0 fully saturated rings. The van der Waals surface area contributed by atoms with Gasteiger partial charge < -0.3 is 9.47 Å². The maximum Gasteiger partial charge on any atom is 0.413 e. The molecule has 1 N–H and O–H groups in total. The fourth-order valence-corrected chi connectivity index (χ4v) is 5.98. The van der Waals surface area contributed by atoms with Crippen LogP contribution in [0.1, 0.15) is 36.6 Å². The van der Waals surface area contributed by atoms with E-state index in [0.717, 1.165) is 49.4 Å². The highest BCUT2D eigenvalue weighted by Gasteiger charge is 2.23. The monoisotopic (exact) mass is 487 g/mol. The van der Waals surface area contributed by atoms with E-state index in [-0.39, 0.29) is 17.9 Å². The molecular formula is C23H25N3O5S2. The average Bonchev–Trinajstić information content (AvgIpc) is 2.99. The number of alkyl carbamates (subject to hydrolysis) is 1. The zero-order valence-electron chi connectivity index (χ0n) is 18.5. The quantitative estimate of drug-likeness (QED) is 0.318. The molecule has 4 rings (SSSR count). The Morgan fingerprint density at radius 1 is 1.18 bits per heavy atom. The third-order valence-corrected chi connectivity index (χ3v) is 7.51. The number of aromatic nitrogens is 2. The van der Waals surface area contributed by atoms with Crippen molar-refractivity contribution in [3.63, 3.8) is 0 Å². The van der Waals surface area contributed by atoms with Crippen molar-refractivity contribution in [2.75, 3.05) is 19.5 Å².